The Labute approximate surface area is 198 Å². The average molecular weight is 500 g/mol. The number of phenolic OH excluding ortho intramolecular Hbond substituents is 1. The van der Waals surface area contributed by atoms with Crippen LogP contribution in [0.2, 0.25) is 0 Å². The van der Waals surface area contributed by atoms with Crippen LogP contribution in [0.1, 0.15) is 12.7 Å². The highest BCUT2D eigenvalue weighted by Gasteiger charge is 2.50. The van der Waals surface area contributed by atoms with Gasteiger partial charge in [-0.1, -0.05) is 0 Å². The number of aliphatic hydroxyl groups excluding tert-OH is 6. The summed E-state index contributed by atoms with van der Waals surface area (Å²) in [6, 6.07) is 3.69. The quantitative estimate of drug-likeness (QED) is 0.234. The van der Waals surface area contributed by atoms with E-state index in [0.29, 0.717) is 5.76 Å². The SMILES string of the molecule is Cc1cc(=O)c2c(O)cc(OC3OC(C)C(OC4OC(CO)C(O)C(O)C4O)C(O)C3O)cc2o1. The lowest BCUT2D eigenvalue weighted by Crippen LogP contribution is -2.64. The highest BCUT2D eigenvalue weighted by molar-refractivity contribution is 5.84. The molecule has 0 bridgehead atoms. The Morgan fingerprint density at radius 2 is 1.60 bits per heavy atom. The second-order valence-corrected chi connectivity index (χ2v) is 8.64. The van der Waals surface area contributed by atoms with Crippen molar-refractivity contribution in [2.45, 2.75) is 75.3 Å². The fourth-order valence-electron chi connectivity index (χ4n) is 4.19. The minimum atomic E-state index is -1.71. The first-order valence-electron chi connectivity index (χ1n) is 10.9. The minimum absolute atomic E-state index is 0.0134. The third-order valence-electron chi connectivity index (χ3n) is 6.08. The number of ether oxygens (including phenoxy) is 4. The van der Waals surface area contributed by atoms with Crippen molar-refractivity contribution in [3.05, 3.63) is 34.2 Å². The van der Waals surface area contributed by atoms with Gasteiger partial charge in [0.05, 0.1) is 12.7 Å². The molecule has 2 fully saturated rings. The predicted octanol–water partition coefficient (Wildman–Crippen LogP) is -2.16. The highest BCUT2D eigenvalue weighted by atomic mass is 16.7. The van der Waals surface area contributed by atoms with Gasteiger partial charge in [-0.2, -0.15) is 0 Å². The van der Waals surface area contributed by atoms with Crippen LogP contribution in [0.4, 0.5) is 0 Å². The number of fused-ring (bicyclic) bond motifs is 1. The van der Waals surface area contributed by atoms with E-state index < -0.39 is 79.2 Å². The molecular formula is C22H28O13. The van der Waals surface area contributed by atoms with Crippen LogP contribution in [0.25, 0.3) is 11.0 Å². The number of aliphatic hydroxyl groups is 6. The highest BCUT2D eigenvalue weighted by Crippen LogP contribution is 2.33. The zero-order valence-electron chi connectivity index (χ0n) is 18.8. The Morgan fingerprint density at radius 1 is 0.914 bits per heavy atom. The Balaban J connectivity index is 1.49. The van der Waals surface area contributed by atoms with Gasteiger partial charge < -0.3 is 59.1 Å². The maximum absolute atomic E-state index is 12.1. The van der Waals surface area contributed by atoms with E-state index in [2.05, 4.69) is 0 Å². The number of hydrogen-bond acceptors (Lipinski definition) is 13. The average Bonchev–Trinajstić information content (AvgIpc) is 2.79. The van der Waals surface area contributed by atoms with Gasteiger partial charge in [-0.25, -0.2) is 0 Å². The van der Waals surface area contributed by atoms with Crippen LogP contribution in [0.3, 0.4) is 0 Å². The maximum atomic E-state index is 12.1. The van der Waals surface area contributed by atoms with Gasteiger partial charge in [-0.3, -0.25) is 4.79 Å². The summed E-state index contributed by atoms with van der Waals surface area (Å²) < 4.78 is 27.5. The van der Waals surface area contributed by atoms with E-state index in [-0.39, 0.29) is 16.7 Å². The number of phenols is 1. The van der Waals surface area contributed by atoms with Crippen molar-refractivity contribution in [2.75, 3.05) is 6.61 Å². The molecule has 194 valence electrons. The smallest absolute Gasteiger partial charge is 0.229 e. The Hall–Kier alpha value is -2.33. The number of benzene rings is 1. The molecule has 3 heterocycles. The molecular weight excluding hydrogens is 472 g/mol. The van der Waals surface area contributed by atoms with Gasteiger partial charge in [0.2, 0.25) is 6.29 Å². The lowest BCUT2D eigenvalue weighted by molar-refractivity contribution is -0.348. The number of aryl methyl sites for hydroxylation is 1. The molecule has 2 aliphatic rings. The van der Waals surface area contributed by atoms with Crippen molar-refractivity contribution >= 4 is 11.0 Å². The molecule has 2 aromatic rings. The topological polar surface area (TPSA) is 209 Å². The summed E-state index contributed by atoms with van der Waals surface area (Å²) in [5.74, 6) is -0.111. The van der Waals surface area contributed by atoms with E-state index in [9.17, 15) is 40.5 Å². The molecule has 0 spiro atoms. The van der Waals surface area contributed by atoms with Crippen molar-refractivity contribution < 1.29 is 59.1 Å². The first-order chi connectivity index (χ1) is 16.5. The molecule has 0 radical (unpaired) electrons. The molecule has 4 rings (SSSR count). The summed E-state index contributed by atoms with van der Waals surface area (Å²) in [7, 11) is 0. The summed E-state index contributed by atoms with van der Waals surface area (Å²) in [5, 5.41) is 70.8. The molecule has 1 aromatic carbocycles. The van der Waals surface area contributed by atoms with Crippen molar-refractivity contribution in [1.82, 2.24) is 0 Å². The van der Waals surface area contributed by atoms with Gasteiger partial charge in [-0.05, 0) is 13.8 Å². The van der Waals surface area contributed by atoms with Gasteiger partial charge in [0.15, 0.2) is 11.7 Å². The molecule has 10 atom stereocenters. The van der Waals surface area contributed by atoms with E-state index in [4.69, 9.17) is 23.4 Å². The zero-order valence-corrected chi connectivity index (χ0v) is 18.8. The molecule has 13 nitrogen and oxygen atoms in total. The van der Waals surface area contributed by atoms with Gasteiger partial charge in [-0.15, -0.1) is 0 Å². The van der Waals surface area contributed by atoms with Crippen LogP contribution in [-0.4, -0.2) is 104 Å². The van der Waals surface area contributed by atoms with Gasteiger partial charge >= 0.3 is 0 Å². The number of hydrogen-bond donors (Lipinski definition) is 7. The second kappa shape index (κ2) is 9.97. The lowest BCUT2D eigenvalue weighted by atomic mass is 9.97. The van der Waals surface area contributed by atoms with Crippen LogP contribution in [0.5, 0.6) is 11.5 Å². The molecule has 35 heavy (non-hydrogen) atoms. The van der Waals surface area contributed by atoms with Gasteiger partial charge in [0, 0.05) is 18.2 Å². The normalized spacial score (nSPS) is 37.9. The van der Waals surface area contributed by atoms with Crippen LogP contribution in [0.15, 0.2) is 27.4 Å². The molecule has 2 aliphatic heterocycles. The molecule has 1 aromatic heterocycles. The second-order valence-electron chi connectivity index (χ2n) is 8.64. The van der Waals surface area contributed by atoms with Crippen LogP contribution in [-0.2, 0) is 14.2 Å². The third kappa shape index (κ3) is 4.87. The monoisotopic (exact) mass is 500 g/mol. The van der Waals surface area contributed by atoms with Crippen molar-refractivity contribution in [3.63, 3.8) is 0 Å². The Morgan fingerprint density at radius 3 is 2.29 bits per heavy atom. The van der Waals surface area contributed by atoms with Crippen LogP contribution >= 0.6 is 0 Å². The Kier molecular flexibility index (Phi) is 7.33. The third-order valence-corrected chi connectivity index (χ3v) is 6.08. The molecule has 0 saturated carbocycles. The fourth-order valence-corrected chi connectivity index (χ4v) is 4.19. The molecule has 13 heteroatoms. The summed E-state index contributed by atoms with van der Waals surface area (Å²) >= 11 is 0. The largest absolute Gasteiger partial charge is 0.507 e. The van der Waals surface area contributed by atoms with Gasteiger partial charge in [0.1, 0.15) is 71.0 Å². The maximum Gasteiger partial charge on any atom is 0.229 e. The lowest BCUT2D eigenvalue weighted by Gasteiger charge is -2.45. The van der Waals surface area contributed by atoms with Crippen molar-refractivity contribution in [1.29, 1.82) is 0 Å². The number of rotatable bonds is 5. The Bertz CT molecular complexity index is 1100. The summed E-state index contributed by atoms with van der Waals surface area (Å²) in [6.45, 7) is 2.38. The summed E-state index contributed by atoms with van der Waals surface area (Å²) in [5.41, 5.74) is -0.397. The molecule has 7 N–H and O–H groups in total. The fraction of sp³-hybridized carbons (Fsp3) is 0.591. The van der Waals surface area contributed by atoms with Crippen molar-refractivity contribution in [3.8, 4) is 11.5 Å². The van der Waals surface area contributed by atoms with Crippen LogP contribution < -0.4 is 10.2 Å². The summed E-state index contributed by atoms with van der Waals surface area (Å²) in [6.07, 6.45) is -14.7. The van der Waals surface area contributed by atoms with E-state index in [0.717, 1.165) is 6.07 Å². The molecule has 0 aliphatic carbocycles. The molecule has 2 saturated heterocycles. The zero-order chi connectivity index (χ0) is 25.6. The minimum Gasteiger partial charge on any atom is -0.507 e. The van der Waals surface area contributed by atoms with Crippen LogP contribution in [0, 0.1) is 6.92 Å². The first-order valence-corrected chi connectivity index (χ1v) is 10.9. The van der Waals surface area contributed by atoms with E-state index in [1.54, 1.807) is 6.92 Å². The molecule has 10 unspecified atom stereocenters. The van der Waals surface area contributed by atoms with Gasteiger partial charge in [0.25, 0.3) is 0 Å². The predicted molar refractivity (Wildman–Crippen MR) is 115 cm³/mol. The van der Waals surface area contributed by atoms with Crippen molar-refractivity contribution in [2.24, 2.45) is 0 Å². The van der Waals surface area contributed by atoms with E-state index >= 15 is 0 Å². The summed E-state index contributed by atoms with van der Waals surface area (Å²) in [4.78, 5) is 12.1. The van der Waals surface area contributed by atoms with E-state index in [1.807, 2.05) is 0 Å². The number of aromatic hydroxyl groups is 1. The standard InChI is InChI=1S/C22H28O13/c1-7-3-10(24)14-11(25)4-9(5-12(14)31-7)33-21-19(30)17(28)20(8(2)32-21)35-22-18(29)16(27)15(26)13(6-23)34-22/h3-5,8,13,15-23,25-30H,6H2,1-2H3. The first kappa shape index (κ1) is 25.8. The molecule has 0 amide bonds. The van der Waals surface area contributed by atoms with E-state index in [1.165, 1.54) is 19.1 Å².